The Morgan fingerprint density at radius 1 is 0.879 bits per heavy atom. The predicted octanol–water partition coefficient (Wildman–Crippen LogP) is 4.65. The van der Waals surface area contributed by atoms with E-state index in [1.807, 2.05) is 64.1 Å². The highest BCUT2D eigenvalue weighted by Gasteiger charge is 2.38. The molecule has 0 N–H and O–H groups in total. The molecule has 0 saturated heterocycles. The molecule has 0 amide bonds. The molecule has 172 valence electrons. The number of nitrogens with zero attached hydrogens (tertiary/aromatic N) is 2. The first-order chi connectivity index (χ1) is 15.5. The molecule has 2 heterocycles. The number of carbonyl (C=O) groups is 2. The molecule has 1 aromatic carbocycles. The summed E-state index contributed by atoms with van der Waals surface area (Å²) < 4.78 is 16.1. The number of methoxy groups -OCH3 is 1. The molecule has 3 rings (SSSR count). The zero-order chi connectivity index (χ0) is 24.4. The van der Waals surface area contributed by atoms with Gasteiger partial charge in [-0.05, 0) is 75.3 Å². The highest BCUT2D eigenvalue weighted by Crippen LogP contribution is 2.41. The molecule has 0 radical (unpaired) electrons. The summed E-state index contributed by atoms with van der Waals surface area (Å²) in [4.78, 5) is 24.9. The van der Waals surface area contributed by atoms with Crippen molar-refractivity contribution in [2.75, 3.05) is 7.11 Å². The summed E-state index contributed by atoms with van der Waals surface area (Å²) >= 11 is 0. The number of nitriles is 2. The second-order valence-electron chi connectivity index (χ2n) is 9.71. The predicted molar refractivity (Wildman–Crippen MR) is 120 cm³/mol. The van der Waals surface area contributed by atoms with Gasteiger partial charge in [0.2, 0.25) is 0 Å². The number of hydrogen-bond acceptors (Lipinski definition) is 7. The van der Waals surface area contributed by atoms with E-state index in [-0.39, 0.29) is 17.1 Å². The molecule has 7 nitrogen and oxygen atoms in total. The van der Waals surface area contributed by atoms with Crippen molar-refractivity contribution in [2.24, 2.45) is 0 Å². The lowest BCUT2D eigenvalue weighted by Crippen LogP contribution is -2.35. The number of cyclic esters (lactones) is 2. The summed E-state index contributed by atoms with van der Waals surface area (Å²) in [6.45, 7) is 7.27. The standard InChI is InChI=1S/C26H28N2O5/c1-25(2)12-18(21(14-27)23(29)32-25)10-17(16-6-8-20(31-5)9-7-16)11-19-13-26(3,4)33-24(30)22(19)15-28/h6-9,17H,10-13H2,1-5H3. The van der Waals surface area contributed by atoms with Crippen LogP contribution in [0.5, 0.6) is 5.75 Å². The molecule has 1 aromatic rings. The van der Waals surface area contributed by atoms with Gasteiger partial charge in [-0.1, -0.05) is 12.1 Å². The van der Waals surface area contributed by atoms with E-state index in [0.29, 0.717) is 31.4 Å². The summed E-state index contributed by atoms with van der Waals surface area (Å²) in [6, 6.07) is 11.6. The Kier molecular flexibility index (Phi) is 6.65. The van der Waals surface area contributed by atoms with Gasteiger partial charge < -0.3 is 14.2 Å². The van der Waals surface area contributed by atoms with Gasteiger partial charge in [-0.15, -0.1) is 0 Å². The monoisotopic (exact) mass is 448 g/mol. The molecule has 0 atom stereocenters. The number of hydrogen-bond donors (Lipinski definition) is 0. The normalized spacial score (nSPS) is 19.5. The second-order valence-corrected chi connectivity index (χ2v) is 9.71. The van der Waals surface area contributed by atoms with E-state index in [4.69, 9.17) is 14.2 Å². The summed E-state index contributed by atoms with van der Waals surface area (Å²) in [6.07, 6.45) is 1.72. The fraction of sp³-hybridized carbons (Fsp3) is 0.462. The minimum absolute atomic E-state index is 0.0331. The number of rotatable bonds is 6. The average molecular weight is 449 g/mol. The molecule has 0 aromatic heterocycles. The molecule has 7 heteroatoms. The fourth-order valence-electron chi connectivity index (χ4n) is 4.55. The molecule has 2 aliphatic rings. The summed E-state index contributed by atoms with van der Waals surface area (Å²) in [5.41, 5.74) is 1.03. The Labute approximate surface area is 194 Å². The Morgan fingerprint density at radius 2 is 1.30 bits per heavy atom. The van der Waals surface area contributed by atoms with Gasteiger partial charge in [-0.2, -0.15) is 10.5 Å². The van der Waals surface area contributed by atoms with Gasteiger partial charge in [-0.3, -0.25) is 0 Å². The van der Waals surface area contributed by atoms with Crippen LogP contribution >= 0.6 is 0 Å². The van der Waals surface area contributed by atoms with Crippen LogP contribution in [0.1, 0.15) is 64.9 Å². The summed E-state index contributed by atoms with van der Waals surface area (Å²) in [7, 11) is 1.59. The van der Waals surface area contributed by atoms with Crippen LogP contribution in [-0.2, 0) is 19.1 Å². The van der Waals surface area contributed by atoms with Crippen LogP contribution in [0.4, 0.5) is 0 Å². The van der Waals surface area contributed by atoms with Gasteiger partial charge in [0.25, 0.3) is 0 Å². The van der Waals surface area contributed by atoms with Crippen molar-refractivity contribution in [3.8, 4) is 17.9 Å². The maximum Gasteiger partial charge on any atom is 0.349 e. The lowest BCUT2D eigenvalue weighted by molar-refractivity contribution is -0.153. The Bertz CT molecular complexity index is 1040. The van der Waals surface area contributed by atoms with Crippen LogP contribution in [-0.4, -0.2) is 30.3 Å². The lowest BCUT2D eigenvalue weighted by atomic mass is 9.78. The molecule has 0 unspecified atom stereocenters. The zero-order valence-corrected chi connectivity index (χ0v) is 19.7. The van der Waals surface area contributed by atoms with Gasteiger partial charge in [0.1, 0.15) is 40.2 Å². The van der Waals surface area contributed by atoms with Crippen molar-refractivity contribution in [2.45, 2.75) is 70.5 Å². The van der Waals surface area contributed by atoms with Crippen molar-refractivity contribution >= 4 is 11.9 Å². The van der Waals surface area contributed by atoms with Crippen molar-refractivity contribution < 1.29 is 23.8 Å². The third-order valence-corrected chi connectivity index (χ3v) is 5.93. The first-order valence-electron chi connectivity index (χ1n) is 10.8. The molecule has 0 saturated carbocycles. The van der Waals surface area contributed by atoms with Crippen LogP contribution < -0.4 is 4.74 Å². The molecular weight excluding hydrogens is 420 g/mol. The van der Waals surface area contributed by atoms with E-state index < -0.39 is 23.1 Å². The van der Waals surface area contributed by atoms with E-state index in [1.165, 1.54) is 0 Å². The molecule has 33 heavy (non-hydrogen) atoms. The fourth-order valence-corrected chi connectivity index (χ4v) is 4.55. The van der Waals surface area contributed by atoms with E-state index in [2.05, 4.69) is 0 Å². The van der Waals surface area contributed by atoms with Crippen LogP contribution in [0.25, 0.3) is 0 Å². The Hall–Kier alpha value is -3.58. The SMILES string of the molecule is COc1ccc(C(CC2=C(C#N)C(=O)OC(C)(C)C2)CC2=C(C#N)C(=O)OC(C)(C)C2)cc1. The molecule has 0 spiro atoms. The Balaban J connectivity index is 2.05. The third-order valence-electron chi connectivity index (χ3n) is 5.93. The van der Waals surface area contributed by atoms with E-state index >= 15 is 0 Å². The zero-order valence-electron chi connectivity index (χ0n) is 19.7. The van der Waals surface area contributed by atoms with Crippen LogP contribution in [0.3, 0.4) is 0 Å². The van der Waals surface area contributed by atoms with Crippen LogP contribution in [0, 0.1) is 22.7 Å². The van der Waals surface area contributed by atoms with Gasteiger partial charge in [0.05, 0.1) is 7.11 Å². The van der Waals surface area contributed by atoms with Gasteiger partial charge in [0, 0.05) is 12.8 Å². The van der Waals surface area contributed by atoms with Crippen molar-refractivity contribution in [1.82, 2.24) is 0 Å². The molecule has 0 aliphatic carbocycles. The Morgan fingerprint density at radius 3 is 1.67 bits per heavy atom. The van der Waals surface area contributed by atoms with Crippen LogP contribution in [0.2, 0.25) is 0 Å². The highest BCUT2D eigenvalue weighted by molar-refractivity contribution is 5.95. The molecule has 0 bridgehead atoms. The smallest absolute Gasteiger partial charge is 0.349 e. The van der Waals surface area contributed by atoms with E-state index in [9.17, 15) is 20.1 Å². The molecule has 0 fully saturated rings. The lowest BCUT2D eigenvalue weighted by Gasteiger charge is -2.34. The molecule has 2 aliphatic heterocycles. The van der Waals surface area contributed by atoms with Gasteiger partial charge in [0.15, 0.2) is 0 Å². The number of carbonyl (C=O) groups excluding carboxylic acids is 2. The topological polar surface area (TPSA) is 109 Å². The average Bonchev–Trinajstić information content (AvgIpc) is 2.71. The van der Waals surface area contributed by atoms with Crippen molar-refractivity contribution in [1.29, 1.82) is 10.5 Å². The van der Waals surface area contributed by atoms with Gasteiger partial charge >= 0.3 is 11.9 Å². The summed E-state index contributed by atoms with van der Waals surface area (Å²) in [5, 5.41) is 19.2. The minimum atomic E-state index is -0.717. The number of esters is 2. The maximum atomic E-state index is 12.4. The number of ether oxygens (including phenoxy) is 3. The first kappa shape index (κ1) is 24.1. The van der Waals surface area contributed by atoms with Crippen LogP contribution in [0.15, 0.2) is 46.6 Å². The van der Waals surface area contributed by atoms with E-state index in [1.54, 1.807) is 7.11 Å². The minimum Gasteiger partial charge on any atom is -0.497 e. The highest BCUT2D eigenvalue weighted by atomic mass is 16.6. The second kappa shape index (κ2) is 9.11. The maximum absolute atomic E-state index is 12.4. The quantitative estimate of drug-likeness (QED) is 0.583. The van der Waals surface area contributed by atoms with Gasteiger partial charge in [-0.25, -0.2) is 9.59 Å². The van der Waals surface area contributed by atoms with Crippen molar-refractivity contribution in [3.05, 3.63) is 52.1 Å². The largest absolute Gasteiger partial charge is 0.497 e. The molecular formula is C26H28N2O5. The van der Waals surface area contributed by atoms with E-state index in [0.717, 1.165) is 16.7 Å². The third kappa shape index (κ3) is 5.43. The first-order valence-corrected chi connectivity index (χ1v) is 10.8. The van der Waals surface area contributed by atoms with Crippen molar-refractivity contribution in [3.63, 3.8) is 0 Å². The summed E-state index contributed by atoms with van der Waals surface area (Å²) in [5.74, 6) is -0.694. The number of benzene rings is 1.